The van der Waals surface area contributed by atoms with Gasteiger partial charge in [-0.05, 0) is 13.8 Å². The first-order valence-corrected chi connectivity index (χ1v) is 5.89. The number of nitro groups is 1. The summed E-state index contributed by atoms with van der Waals surface area (Å²) in [6, 6.07) is -0.359. The average molecular weight is 278 g/mol. The monoisotopic (exact) mass is 278 g/mol. The topological polar surface area (TPSA) is 119 Å². The highest BCUT2D eigenvalue weighted by atomic mass is 16.6. The molecule has 0 spiro atoms. The molecule has 0 aliphatic heterocycles. The number of oxazole rings is 1. The van der Waals surface area contributed by atoms with Crippen LogP contribution in [0.3, 0.4) is 0 Å². The molecule has 0 aliphatic rings. The summed E-state index contributed by atoms with van der Waals surface area (Å²) in [5.74, 6) is 1.50. The lowest BCUT2D eigenvalue weighted by Gasteiger charge is -2.11. The standard InChI is InChI=1S/C11H14N6O3/c1-6-4-13-10(20-6)7(2)15-9-8(17(18)19)5-14-11(12-3)16-9/h4-5,7H,1-3H3,(H2,12,14,15,16). The van der Waals surface area contributed by atoms with Gasteiger partial charge in [0.05, 0.1) is 11.1 Å². The fourth-order valence-corrected chi connectivity index (χ4v) is 1.57. The van der Waals surface area contributed by atoms with Crippen LogP contribution in [-0.2, 0) is 0 Å². The summed E-state index contributed by atoms with van der Waals surface area (Å²) >= 11 is 0. The van der Waals surface area contributed by atoms with Crippen molar-refractivity contribution in [3.63, 3.8) is 0 Å². The highest BCUT2D eigenvalue weighted by Crippen LogP contribution is 2.26. The Morgan fingerprint density at radius 2 is 2.15 bits per heavy atom. The minimum atomic E-state index is -0.546. The fraction of sp³-hybridized carbons (Fsp3) is 0.364. The zero-order chi connectivity index (χ0) is 14.7. The Hall–Kier alpha value is -2.71. The lowest BCUT2D eigenvalue weighted by molar-refractivity contribution is -0.384. The highest BCUT2D eigenvalue weighted by Gasteiger charge is 2.21. The number of aryl methyl sites for hydroxylation is 1. The second kappa shape index (κ2) is 5.51. The summed E-state index contributed by atoms with van der Waals surface area (Å²) in [7, 11) is 1.63. The highest BCUT2D eigenvalue weighted by molar-refractivity contribution is 5.57. The van der Waals surface area contributed by atoms with Crippen LogP contribution in [0.2, 0.25) is 0 Å². The maximum Gasteiger partial charge on any atom is 0.329 e. The first kappa shape index (κ1) is 13.7. The molecule has 9 heteroatoms. The fourth-order valence-electron chi connectivity index (χ4n) is 1.57. The van der Waals surface area contributed by atoms with E-state index in [4.69, 9.17) is 4.42 Å². The van der Waals surface area contributed by atoms with Crippen molar-refractivity contribution in [2.75, 3.05) is 17.7 Å². The Bertz CT molecular complexity index is 626. The molecule has 0 amide bonds. The van der Waals surface area contributed by atoms with Gasteiger partial charge in [-0.1, -0.05) is 0 Å². The van der Waals surface area contributed by atoms with Crippen molar-refractivity contribution in [1.82, 2.24) is 15.0 Å². The molecule has 0 saturated carbocycles. The Balaban J connectivity index is 2.29. The lowest BCUT2D eigenvalue weighted by atomic mass is 10.3. The molecule has 2 rings (SSSR count). The molecular formula is C11H14N6O3. The third-order valence-corrected chi connectivity index (χ3v) is 2.55. The molecule has 0 radical (unpaired) electrons. The van der Waals surface area contributed by atoms with Crippen LogP contribution < -0.4 is 10.6 Å². The van der Waals surface area contributed by atoms with Gasteiger partial charge in [0.25, 0.3) is 0 Å². The second-order valence-corrected chi connectivity index (χ2v) is 4.11. The van der Waals surface area contributed by atoms with Gasteiger partial charge in [-0.15, -0.1) is 0 Å². The summed E-state index contributed by atoms with van der Waals surface area (Å²) in [4.78, 5) is 22.4. The Kier molecular flexibility index (Phi) is 3.78. The number of rotatable bonds is 5. The molecule has 20 heavy (non-hydrogen) atoms. The van der Waals surface area contributed by atoms with Crippen molar-refractivity contribution < 1.29 is 9.34 Å². The number of nitrogens with zero attached hydrogens (tertiary/aromatic N) is 4. The Morgan fingerprint density at radius 3 is 2.70 bits per heavy atom. The molecule has 2 aromatic heterocycles. The van der Waals surface area contributed by atoms with E-state index in [0.717, 1.165) is 6.20 Å². The van der Waals surface area contributed by atoms with Crippen LogP contribution >= 0.6 is 0 Å². The van der Waals surface area contributed by atoms with Gasteiger partial charge in [0.2, 0.25) is 17.7 Å². The summed E-state index contributed by atoms with van der Waals surface area (Å²) in [6.07, 6.45) is 2.73. The first-order valence-electron chi connectivity index (χ1n) is 5.89. The molecule has 1 unspecified atom stereocenters. The number of anilines is 2. The van der Waals surface area contributed by atoms with Gasteiger partial charge in [0.15, 0.2) is 0 Å². The Labute approximate surface area is 114 Å². The van der Waals surface area contributed by atoms with E-state index in [-0.39, 0.29) is 23.5 Å². The van der Waals surface area contributed by atoms with E-state index in [0.29, 0.717) is 11.7 Å². The maximum atomic E-state index is 11.0. The van der Waals surface area contributed by atoms with E-state index in [2.05, 4.69) is 25.6 Å². The molecule has 1 atom stereocenters. The minimum absolute atomic E-state index is 0.109. The predicted molar refractivity (Wildman–Crippen MR) is 71.5 cm³/mol. The molecule has 0 aromatic carbocycles. The summed E-state index contributed by atoms with van der Waals surface area (Å²) in [6.45, 7) is 3.55. The minimum Gasteiger partial charge on any atom is -0.444 e. The van der Waals surface area contributed by atoms with Gasteiger partial charge in [-0.25, -0.2) is 9.97 Å². The first-order chi connectivity index (χ1) is 9.51. The van der Waals surface area contributed by atoms with Crippen molar-refractivity contribution >= 4 is 17.5 Å². The van der Waals surface area contributed by atoms with Crippen LogP contribution in [0, 0.1) is 17.0 Å². The van der Waals surface area contributed by atoms with Gasteiger partial charge >= 0.3 is 5.69 Å². The van der Waals surface area contributed by atoms with Crippen LogP contribution in [0.15, 0.2) is 16.8 Å². The van der Waals surface area contributed by atoms with Gasteiger partial charge in [-0.2, -0.15) is 4.98 Å². The van der Waals surface area contributed by atoms with E-state index >= 15 is 0 Å². The molecular weight excluding hydrogens is 264 g/mol. The SMILES string of the molecule is CNc1ncc([N+](=O)[O-])c(NC(C)c2ncc(C)o2)n1. The van der Waals surface area contributed by atoms with E-state index < -0.39 is 4.92 Å². The van der Waals surface area contributed by atoms with Crippen molar-refractivity contribution in [1.29, 1.82) is 0 Å². The quantitative estimate of drug-likeness (QED) is 0.628. The van der Waals surface area contributed by atoms with Crippen LogP contribution in [0.1, 0.15) is 24.6 Å². The number of hydrogen-bond acceptors (Lipinski definition) is 8. The zero-order valence-electron chi connectivity index (χ0n) is 11.2. The smallest absolute Gasteiger partial charge is 0.329 e. The second-order valence-electron chi connectivity index (χ2n) is 4.11. The van der Waals surface area contributed by atoms with Crippen molar-refractivity contribution in [3.8, 4) is 0 Å². The van der Waals surface area contributed by atoms with Crippen molar-refractivity contribution in [3.05, 3.63) is 34.2 Å². The Morgan fingerprint density at radius 1 is 1.40 bits per heavy atom. The van der Waals surface area contributed by atoms with Gasteiger partial charge in [-0.3, -0.25) is 10.1 Å². The van der Waals surface area contributed by atoms with E-state index in [1.807, 2.05) is 0 Å². The third kappa shape index (κ3) is 2.82. The molecule has 9 nitrogen and oxygen atoms in total. The van der Waals surface area contributed by atoms with E-state index in [1.54, 1.807) is 27.1 Å². The lowest BCUT2D eigenvalue weighted by Crippen LogP contribution is -2.11. The normalized spacial score (nSPS) is 11.9. The van der Waals surface area contributed by atoms with Crippen LogP contribution in [0.5, 0.6) is 0 Å². The van der Waals surface area contributed by atoms with Gasteiger partial charge < -0.3 is 15.1 Å². The molecule has 0 aliphatic carbocycles. The van der Waals surface area contributed by atoms with Crippen LogP contribution in [-0.4, -0.2) is 26.9 Å². The van der Waals surface area contributed by atoms with Gasteiger partial charge in [0.1, 0.15) is 18.0 Å². The van der Waals surface area contributed by atoms with Crippen LogP contribution in [0.4, 0.5) is 17.5 Å². The average Bonchev–Trinajstić information content (AvgIpc) is 2.85. The molecule has 0 saturated heterocycles. The summed E-state index contributed by atoms with van der Waals surface area (Å²) in [5.41, 5.74) is -0.209. The molecule has 2 N–H and O–H groups in total. The van der Waals surface area contributed by atoms with E-state index in [9.17, 15) is 10.1 Å². The molecule has 0 bridgehead atoms. The van der Waals surface area contributed by atoms with Crippen molar-refractivity contribution in [2.24, 2.45) is 0 Å². The zero-order valence-corrected chi connectivity index (χ0v) is 11.2. The molecule has 0 fully saturated rings. The third-order valence-electron chi connectivity index (χ3n) is 2.55. The molecule has 2 aromatic rings. The number of aromatic nitrogens is 3. The number of hydrogen-bond donors (Lipinski definition) is 2. The largest absolute Gasteiger partial charge is 0.444 e. The maximum absolute atomic E-state index is 11.0. The molecule has 106 valence electrons. The van der Waals surface area contributed by atoms with Gasteiger partial charge in [0, 0.05) is 7.05 Å². The molecule has 2 heterocycles. The summed E-state index contributed by atoms with van der Waals surface area (Å²) < 4.78 is 5.37. The van der Waals surface area contributed by atoms with Crippen LogP contribution in [0.25, 0.3) is 0 Å². The number of nitrogens with one attached hydrogen (secondary N) is 2. The summed E-state index contributed by atoms with van der Waals surface area (Å²) in [5, 5.41) is 16.6. The predicted octanol–water partition coefficient (Wildman–Crippen LogP) is 1.90. The van der Waals surface area contributed by atoms with E-state index in [1.165, 1.54) is 0 Å². The van der Waals surface area contributed by atoms with Crippen molar-refractivity contribution in [2.45, 2.75) is 19.9 Å².